The summed E-state index contributed by atoms with van der Waals surface area (Å²) in [4.78, 5) is 12.5. The molecule has 0 amide bonds. The van der Waals surface area contributed by atoms with Crippen LogP contribution in [0.5, 0.6) is 0 Å². The third-order valence-corrected chi connectivity index (χ3v) is 8.52. The molecule has 3 nitrogen and oxygen atoms in total. The Morgan fingerprint density at radius 2 is 1.57 bits per heavy atom. The van der Waals surface area contributed by atoms with Crippen LogP contribution < -0.4 is 5.32 Å². The molecule has 0 radical (unpaired) electrons. The summed E-state index contributed by atoms with van der Waals surface area (Å²) in [6, 6.07) is 13.8. The number of allylic oxidation sites excluding steroid dienone is 8. The summed E-state index contributed by atoms with van der Waals surface area (Å²) in [5, 5.41) is 3.21. The number of ether oxygens (including phenoxy) is 1. The van der Waals surface area contributed by atoms with E-state index in [4.69, 9.17) is 4.74 Å². The van der Waals surface area contributed by atoms with Gasteiger partial charge in [-0.3, -0.25) is 4.79 Å². The first-order valence-corrected chi connectivity index (χ1v) is 16.3. The Bertz CT molecular complexity index is 1450. The maximum atomic E-state index is 13.8. The van der Waals surface area contributed by atoms with Gasteiger partial charge >= 0.3 is 0 Å². The van der Waals surface area contributed by atoms with Crippen molar-refractivity contribution in [2.75, 3.05) is 13.2 Å². The van der Waals surface area contributed by atoms with E-state index >= 15 is 0 Å². The van der Waals surface area contributed by atoms with E-state index in [1.54, 1.807) is 19.1 Å². The lowest BCUT2D eigenvalue weighted by Gasteiger charge is -2.16. The summed E-state index contributed by atoms with van der Waals surface area (Å²) < 4.78 is 32.7. The average Bonchev–Trinajstić information content (AvgIpc) is 3.87. The van der Waals surface area contributed by atoms with Crippen molar-refractivity contribution in [3.63, 3.8) is 0 Å². The molecule has 0 saturated carbocycles. The number of Topliss-reactive ketones (excluding diaryl/α,β-unsaturated/α-hetero) is 1. The molecule has 0 spiro atoms. The van der Waals surface area contributed by atoms with Crippen LogP contribution in [0, 0.1) is 12.8 Å². The van der Waals surface area contributed by atoms with Gasteiger partial charge in [-0.15, -0.1) is 0 Å². The van der Waals surface area contributed by atoms with Crippen molar-refractivity contribution in [1.82, 2.24) is 5.32 Å². The third-order valence-electron chi connectivity index (χ3n) is 8.52. The zero-order valence-electron chi connectivity index (χ0n) is 28.2. The Balaban J connectivity index is 0.00000109. The highest BCUT2D eigenvalue weighted by Gasteiger charge is 2.28. The first kappa shape index (κ1) is 41.5. The number of hydrogen-bond donors (Lipinski definition) is 1. The number of ketones is 1. The topological polar surface area (TPSA) is 48.2 Å². The highest BCUT2D eigenvalue weighted by molar-refractivity contribution is 5.96. The van der Waals surface area contributed by atoms with Crippen LogP contribution >= 0.6 is 0 Å². The fourth-order valence-corrected chi connectivity index (χ4v) is 5.30. The van der Waals surface area contributed by atoms with E-state index in [-0.39, 0.29) is 33.5 Å². The minimum absolute atomic E-state index is 0. The Kier molecular flexibility index (Phi) is 17.6. The molecule has 2 aliphatic rings. The van der Waals surface area contributed by atoms with E-state index in [1.807, 2.05) is 38.3 Å². The minimum Gasteiger partial charge on any atom is -0.381 e. The fourth-order valence-electron chi connectivity index (χ4n) is 5.30. The Morgan fingerprint density at radius 3 is 2.11 bits per heavy atom. The molecule has 1 fully saturated rings. The largest absolute Gasteiger partial charge is 0.381 e. The minimum atomic E-state index is -2.78. The first-order chi connectivity index (χ1) is 21.5. The second kappa shape index (κ2) is 19.9. The second-order valence-corrected chi connectivity index (χ2v) is 12.4. The molecule has 5 heteroatoms. The molecule has 0 atom stereocenters. The van der Waals surface area contributed by atoms with Gasteiger partial charge in [0.25, 0.3) is 0 Å². The standard InChI is InChI=1S/C34H39F2NO.C6H12O.2CH4/c1-7-9-10-30(29-12-11-23(3)31(21-29)32-22-37-32)26(6)24(4)20-25(5)27-13-15-28(16-14-27)33(38)17-19-34(35,36)18-8-2;1-6-2-4-7-5-3-6;;/h7,9-16,20-22,37H,8,17-19H2,1-6H3;6H,2-5H2,1H3;2*1H4/b9-7+,25-20+,26-24+,30-10+;;;. The van der Waals surface area contributed by atoms with Gasteiger partial charge < -0.3 is 10.1 Å². The number of carbonyl (C=O) groups excluding carboxylic acids is 1. The van der Waals surface area contributed by atoms with Crippen LogP contribution in [0.3, 0.4) is 0 Å². The van der Waals surface area contributed by atoms with E-state index in [1.165, 1.54) is 35.2 Å². The fraction of sp³-hybridized carbons (Fsp3) is 0.452. The monoisotopic (exact) mass is 647 g/mol. The van der Waals surface area contributed by atoms with Crippen molar-refractivity contribution in [2.24, 2.45) is 5.92 Å². The average molecular weight is 648 g/mol. The van der Waals surface area contributed by atoms with Gasteiger partial charge in [0.2, 0.25) is 5.92 Å². The predicted molar refractivity (Wildman–Crippen MR) is 200 cm³/mol. The van der Waals surface area contributed by atoms with Crippen molar-refractivity contribution in [2.45, 2.75) is 108 Å². The Labute approximate surface area is 284 Å². The summed E-state index contributed by atoms with van der Waals surface area (Å²) in [5.41, 5.74) is 10.8. The van der Waals surface area contributed by atoms with Crippen LogP contribution in [-0.4, -0.2) is 24.9 Å². The van der Waals surface area contributed by atoms with Crippen LogP contribution in [0.1, 0.15) is 128 Å². The number of halogens is 2. The van der Waals surface area contributed by atoms with Crippen molar-refractivity contribution in [1.29, 1.82) is 0 Å². The molecule has 2 aromatic carbocycles. The van der Waals surface area contributed by atoms with Gasteiger partial charge in [0.15, 0.2) is 5.78 Å². The Morgan fingerprint density at radius 1 is 0.979 bits per heavy atom. The van der Waals surface area contributed by atoms with Gasteiger partial charge in [0, 0.05) is 49.8 Å². The highest BCUT2D eigenvalue weighted by atomic mass is 19.3. The molecule has 2 aliphatic heterocycles. The summed E-state index contributed by atoms with van der Waals surface area (Å²) in [6.07, 6.45) is 12.6. The van der Waals surface area contributed by atoms with Gasteiger partial charge in [0.05, 0.1) is 5.70 Å². The summed E-state index contributed by atoms with van der Waals surface area (Å²) in [6.45, 7) is 16.4. The Hall–Kier alpha value is -3.57. The lowest BCUT2D eigenvalue weighted by molar-refractivity contribution is -0.0173. The third kappa shape index (κ3) is 13.2. The summed E-state index contributed by atoms with van der Waals surface area (Å²) in [5.74, 6) is -2.11. The predicted octanol–water partition coefficient (Wildman–Crippen LogP) is 12.4. The van der Waals surface area contributed by atoms with Crippen molar-refractivity contribution < 1.29 is 18.3 Å². The maximum absolute atomic E-state index is 13.8. The zero-order valence-corrected chi connectivity index (χ0v) is 28.2. The molecule has 0 bridgehead atoms. The van der Waals surface area contributed by atoms with Crippen molar-refractivity contribution in [3.8, 4) is 0 Å². The number of benzene rings is 2. The van der Waals surface area contributed by atoms with E-state index in [0.717, 1.165) is 47.0 Å². The van der Waals surface area contributed by atoms with Crippen LogP contribution in [0.2, 0.25) is 0 Å². The van der Waals surface area contributed by atoms with E-state index < -0.39 is 12.3 Å². The van der Waals surface area contributed by atoms with Crippen LogP contribution in [0.4, 0.5) is 8.78 Å². The molecular formula is C42H59F2NO2. The molecule has 2 heterocycles. The maximum Gasteiger partial charge on any atom is 0.248 e. The number of hydrogen-bond acceptors (Lipinski definition) is 3. The summed E-state index contributed by atoms with van der Waals surface area (Å²) in [7, 11) is 0. The second-order valence-electron chi connectivity index (χ2n) is 12.4. The summed E-state index contributed by atoms with van der Waals surface area (Å²) >= 11 is 0. The molecule has 258 valence electrons. The zero-order chi connectivity index (χ0) is 33.0. The lowest BCUT2D eigenvalue weighted by Crippen LogP contribution is -2.17. The molecule has 4 rings (SSSR count). The van der Waals surface area contributed by atoms with E-state index in [2.05, 4.69) is 69.4 Å². The number of alkyl halides is 2. The van der Waals surface area contributed by atoms with Gasteiger partial charge in [-0.2, -0.15) is 0 Å². The van der Waals surface area contributed by atoms with Gasteiger partial charge in [0.1, 0.15) is 0 Å². The molecule has 0 aliphatic carbocycles. The van der Waals surface area contributed by atoms with E-state index in [0.29, 0.717) is 12.0 Å². The molecule has 0 aromatic heterocycles. The number of nitrogens with one attached hydrogen (secondary N) is 1. The highest BCUT2D eigenvalue weighted by Crippen LogP contribution is 2.32. The smallest absolute Gasteiger partial charge is 0.248 e. The molecule has 2 aromatic rings. The van der Waals surface area contributed by atoms with Gasteiger partial charge in [-0.05, 0) is 98.4 Å². The molecule has 1 N–H and O–H groups in total. The number of rotatable bonds is 12. The van der Waals surface area contributed by atoms with Gasteiger partial charge in [-0.1, -0.05) is 95.8 Å². The molecule has 47 heavy (non-hydrogen) atoms. The van der Waals surface area contributed by atoms with Crippen LogP contribution in [-0.2, 0) is 4.74 Å². The molecule has 0 unspecified atom stereocenters. The van der Waals surface area contributed by atoms with Gasteiger partial charge in [-0.25, -0.2) is 8.78 Å². The van der Waals surface area contributed by atoms with Crippen LogP contribution in [0.25, 0.3) is 16.8 Å². The van der Waals surface area contributed by atoms with Crippen LogP contribution in [0.15, 0.2) is 84.1 Å². The number of aryl methyl sites for hydroxylation is 1. The van der Waals surface area contributed by atoms with Crippen molar-refractivity contribution in [3.05, 3.63) is 112 Å². The van der Waals surface area contributed by atoms with E-state index in [9.17, 15) is 13.6 Å². The quantitative estimate of drug-likeness (QED) is 0.184. The molecular weight excluding hydrogens is 588 g/mol. The number of carbonyl (C=O) groups is 1. The SMILES string of the molecule is C.C.C/C=C/C=C(\C(C)=C(C)\C=C(/C)c1ccc(C(=O)CCC(F)(F)CCC)cc1)c1ccc(C)c(C2=CN2)c1.CC1CCOCC1. The lowest BCUT2D eigenvalue weighted by atomic mass is 9.91. The first-order valence-electron chi connectivity index (χ1n) is 16.3. The normalized spacial score (nSPS) is 15.7. The molecule has 1 saturated heterocycles. The van der Waals surface area contributed by atoms with Crippen molar-refractivity contribution >= 4 is 22.6 Å².